The number of rotatable bonds is 0. The fourth-order valence-electron chi connectivity index (χ4n) is 1.45. The van der Waals surface area contributed by atoms with Crippen LogP contribution >= 0.6 is 11.8 Å². The van der Waals surface area contributed by atoms with Crippen LogP contribution in [0.4, 0.5) is 0 Å². The molecule has 2 heteroatoms. The van der Waals surface area contributed by atoms with E-state index in [1.54, 1.807) is 0 Å². The van der Waals surface area contributed by atoms with Crippen molar-refractivity contribution in [3.63, 3.8) is 0 Å². The first kappa shape index (κ1) is 5.54. The molecule has 0 amide bonds. The number of hydrogen-bond donors (Lipinski definition) is 0. The van der Waals surface area contributed by atoms with E-state index in [-0.39, 0.29) is 0 Å². The molecule has 0 unspecified atom stereocenters. The Morgan fingerprint density at radius 2 is 2.22 bits per heavy atom. The van der Waals surface area contributed by atoms with Crippen LogP contribution in [-0.2, 0) is 4.79 Å². The van der Waals surface area contributed by atoms with E-state index in [9.17, 15) is 4.79 Å². The molecule has 0 radical (unpaired) electrons. The van der Waals surface area contributed by atoms with Crippen LogP contribution in [0.15, 0.2) is 11.1 Å². The van der Waals surface area contributed by atoms with Crippen molar-refractivity contribution in [2.75, 3.05) is 5.75 Å². The molecule has 0 spiro atoms. The lowest BCUT2D eigenvalue weighted by Gasteiger charge is -1.90. The average molecular weight is 140 g/mol. The summed E-state index contributed by atoms with van der Waals surface area (Å²) in [6, 6.07) is 0. The summed E-state index contributed by atoms with van der Waals surface area (Å²) in [7, 11) is 0. The maximum absolute atomic E-state index is 11.0. The lowest BCUT2D eigenvalue weighted by molar-refractivity contribution is -0.107. The zero-order valence-corrected chi connectivity index (χ0v) is 5.96. The monoisotopic (exact) mass is 140 g/mol. The van der Waals surface area contributed by atoms with Crippen LogP contribution in [0.5, 0.6) is 0 Å². The number of thioether (sulfide) groups is 1. The molecule has 1 aliphatic heterocycles. The van der Waals surface area contributed by atoms with Gasteiger partial charge in [-0.05, 0) is 19.3 Å². The van der Waals surface area contributed by atoms with Crippen molar-refractivity contribution in [2.24, 2.45) is 0 Å². The summed E-state index contributed by atoms with van der Waals surface area (Å²) in [5.74, 6) is 0.994. The number of hydrogen-bond acceptors (Lipinski definition) is 2. The Labute approximate surface area is 58.5 Å². The maximum Gasteiger partial charge on any atom is 0.215 e. The van der Waals surface area contributed by atoms with Gasteiger partial charge in [-0.2, -0.15) is 0 Å². The summed E-state index contributed by atoms with van der Waals surface area (Å²) >= 11 is 1.48. The lowest BCUT2D eigenvalue weighted by Crippen LogP contribution is -1.87. The van der Waals surface area contributed by atoms with Gasteiger partial charge in [0.15, 0.2) is 0 Å². The van der Waals surface area contributed by atoms with Gasteiger partial charge in [-0.25, -0.2) is 0 Å². The molecule has 0 N–H and O–H groups in total. The number of carbonyl (C=O) groups is 1. The SMILES string of the molecule is O=C1SCC2=C1CCC2. The summed E-state index contributed by atoms with van der Waals surface area (Å²) in [6.07, 6.45) is 3.46. The van der Waals surface area contributed by atoms with Crippen molar-refractivity contribution in [1.82, 2.24) is 0 Å². The molecule has 2 rings (SSSR count). The van der Waals surface area contributed by atoms with Crippen LogP contribution in [-0.4, -0.2) is 10.9 Å². The molecular formula is C7H8OS. The summed E-state index contributed by atoms with van der Waals surface area (Å²) in [4.78, 5) is 11.0. The number of carbonyl (C=O) groups excluding carboxylic acids is 1. The van der Waals surface area contributed by atoms with Gasteiger partial charge in [-0.15, -0.1) is 0 Å². The molecule has 0 atom stereocenters. The Hall–Kier alpha value is -0.240. The minimum atomic E-state index is 0.350. The van der Waals surface area contributed by atoms with Crippen molar-refractivity contribution in [1.29, 1.82) is 0 Å². The highest BCUT2D eigenvalue weighted by Gasteiger charge is 2.26. The third-order valence-electron chi connectivity index (χ3n) is 1.96. The minimum Gasteiger partial charge on any atom is -0.282 e. The minimum absolute atomic E-state index is 0.350. The fourth-order valence-corrected chi connectivity index (χ4v) is 2.50. The smallest absolute Gasteiger partial charge is 0.215 e. The summed E-state index contributed by atoms with van der Waals surface area (Å²) in [5, 5.41) is 0.350. The predicted octanol–water partition coefficient (Wildman–Crippen LogP) is 1.74. The summed E-state index contributed by atoms with van der Waals surface area (Å²) in [5.41, 5.74) is 2.59. The second kappa shape index (κ2) is 1.87. The van der Waals surface area contributed by atoms with E-state index >= 15 is 0 Å². The van der Waals surface area contributed by atoms with Gasteiger partial charge in [0.1, 0.15) is 0 Å². The lowest BCUT2D eigenvalue weighted by atomic mass is 10.2. The topological polar surface area (TPSA) is 17.1 Å². The van der Waals surface area contributed by atoms with Gasteiger partial charge in [-0.1, -0.05) is 17.3 Å². The van der Waals surface area contributed by atoms with Gasteiger partial charge in [0.05, 0.1) is 0 Å². The molecule has 1 nitrogen and oxygen atoms in total. The molecule has 2 aliphatic rings. The molecule has 0 bridgehead atoms. The van der Waals surface area contributed by atoms with E-state index in [0.717, 1.165) is 17.7 Å². The van der Waals surface area contributed by atoms with Crippen molar-refractivity contribution < 1.29 is 4.79 Å². The Morgan fingerprint density at radius 1 is 1.33 bits per heavy atom. The molecule has 1 heterocycles. The van der Waals surface area contributed by atoms with Gasteiger partial charge < -0.3 is 0 Å². The van der Waals surface area contributed by atoms with E-state index in [0.29, 0.717) is 5.12 Å². The van der Waals surface area contributed by atoms with Gasteiger partial charge in [0.2, 0.25) is 5.12 Å². The van der Waals surface area contributed by atoms with Gasteiger partial charge in [-0.3, -0.25) is 4.79 Å². The van der Waals surface area contributed by atoms with Crippen LogP contribution < -0.4 is 0 Å². The second-order valence-corrected chi connectivity index (χ2v) is 3.46. The van der Waals surface area contributed by atoms with Crippen LogP contribution in [0.2, 0.25) is 0 Å². The Morgan fingerprint density at radius 3 is 3.00 bits per heavy atom. The zero-order valence-electron chi connectivity index (χ0n) is 5.14. The molecule has 1 aliphatic carbocycles. The zero-order chi connectivity index (χ0) is 6.27. The van der Waals surface area contributed by atoms with Crippen LogP contribution in [0.3, 0.4) is 0 Å². The second-order valence-electron chi connectivity index (χ2n) is 2.51. The molecule has 0 aromatic rings. The standard InChI is InChI=1S/C7H8OS/c8-7-6-3-1-2-5(6)4-9-7/h1-4H2. The molecule has 0 saturated heterocycles. The quantitative estimate of drug-likeness (QED) is 0.510. The highest BCUT2D eigenvalue weighted by Crippen LogP contribution is 2.37. The summed E-state index contributed by atoms with van der Waals surface area (Å²) < 4.78 is 0. The Bertz CT molecular complexity index is 193. The first-order valence-electron chi connectivity index (χ1n) is 3.26. The average Bonchev–Trinajstić information content (AvgIpc) is 2.35. The highest BCUT2D eigenvalue weighted by atomic mass is 32.2. The van der Waals surface area contributed by atoms with Crippen molar-refractivity contribution in [3.8, 4) is 0 Å². The molecule has 9 heavy (non-hydrogen) atoms. The third-order valence-corrected chi connectivity index (χ3v) is 2.96. The molecule has 48 valence electrons. The van der Waals surface area contributed by atoms with E-state index < -0.39 is 0 Å². The molecular weight excluding hydrogens is 132 g/mol. The first-order chi connectivity index (χ1) is 4.38. The summed E-state index contributed by atoms with van der Waals surface area (Å²) in [6.45, 7) is 0. The van der Waals surface area contributed by atoms with E-state index in [2.05, 4.69) is 0 Å². The first-order valence-corrected chi connectivity index (χ1v) is 4.24. The molecule has 0 aromatic carbocycles. The largest absolute Gasteiger partial charge is 0.282 e. The van der Waals surface area contributed by atoms with Gasteiger partial charge in [0.25, 0.3) is 0 Å². The van der Waals surface area contributed by atoms with Crippen molar-refractivity contribution in [3.05, 3.63) is 11.1 Å². The van der Waals surface area contributed by atoms with Gasteiger partial charge >= 0.3 is 0 Å². The third kappa shape index (κ3) is 0.732. The van der Waals surface area contributed by atoms with E-state index in [1.165, 1.54) is 30.2 Å². The van der Waals surface area contributed by atoms with E-state index in [4.69, 9.17) is 0 Å². The predicted molar refractivity (Wildman–Crippen MR) is 38.3 cm³/mol. The van der Waals surface area contributed by atoms with Crippen molar-refractivity contribution >= 4 is 16.9 Å². The fraction of sp³-hybridized carbons (Fsp3) is 0.571. The van der Waals surface area contributed by atoms with Crippen LogP contribution in [0, 0.1) is 0 Å². The highest BCUT2D eigenvalue weighted by molar-refractivity contribution is 8.14. The van der Waals surface area contributed by atoms with Crippen LogP contribution in [0.1, 0.15) is 19.3 Å². The molecule has 0 aromatic heterocycles. The Kier molecular flexibility index (Phi) is 1.15. The van der Waals surface area contributed by atoms with Crippen molar-refractivity contribution in [2.45, 2.75) is 19.3 Å². The molecule has 0 fully saturated rings. The Balaban J connectivity index is 2.34. The maximum atomic E-state index is 11.0. The van der Waals surface area contributed by atoms with E-state index in [1.807, 2.05) is 0 Å². The molecule has 0 saturated carbocycles. The van der Waals surface area contributed by atoms with Gasteiger partial charge in [0, 0.05) is 11.3 Å². The normalized spacial score (nSPS) is 25.6. The van der Waals surface area contributed by atoms with Crippen LogP contribution in [0.25, 0.3) is 0 Å².